The highest BCUT2D eigenvalue weighted by Crippen LogP contribution is 2.50. The molecule has 4 aromatic carbocycles. The molecular weight excluding hydrogens is 488 g/mol. The molecule has 40 heavy (non-hydrogen) atoms. The van der Waals surface area contributed by atoms with E-state index in [1.165, 1.54) is 22.3 Å². The maximum Gasteiger partial charge on any atom is 0.187 e. The first kappa shape index (κ1) is 22.7. The summed E-state index contributed by atoms with van der Waals surface area (Å²) in [6.45, 7) is 12.0. The predicted octanol–water partition coefficient (Wildman–Crippen LogP) is 9.23. The van der Waals surface area contributed by atoms with Gasteiger partial charge in [-0.2, -0.15) is 0 Å². The Hall–Kier alpha value is -5.27. The molecule has 0 spiro atoms. The van der Waals surface area contributed by atoms with Crippen molar-refractivity contribution in [1.29, 1.82) is 0 Å². The Morgan fingerprint density at radius 3 is 2.25 bits per heavy atom. The van der Waals surface area contributed by atoms with Gasteiger partial charge in [-0.25, -0.2) is 14.8 Å². The Balaban J connectivity index is 1.34. The van der Waals surface area contributed by atoms with Gasteiger partial charge in [0.15, 0.2) is 5.69 Å². The summed E-state index contributed by atoms with van der Waals surface area (Å²) in [7, 11) is 0. The fourth-order valence-electron chi connectivity index (χ4n) is 6.36. The number of nitrogens with zero attached hydrogens (tertiary/aromatic N) is 4. The van der Waals surface area contributed by atoms with E-state index in [1.54, 1.807) is 0 Å². The molecule has 0 bridgehead atoms. The second-order valence-electron chi connectivity index (χ2n) is 11.0. The summed E-state index contributed by atoms with van der Waals surface area (Å²) < 4.78 is 2.14. The second-order valence-corrected chi connectivity index (χ2v) is 11.0. The largest absolute Gasteiger partial charge is 0.298 e. The van der Waals surface area contributed by atoms with Crippen LogP contribution in [0.1, 0.15) is 25.0 Å². The van der Waals surface area contributed by atoms with Crippen LogP contribution < -0.4 is 0 Å². The van der Waals surface area contributed by atoms with E-state index in [-0.39, 0.29) is 5.41 Å². The van der Waals surface area contributed by atoms with Crippen molar-refractivity contribution in [1.82, 2.24) is 14.4 Å². The molecule has 0 aliphatic heterocycles. The Morgan fingerprint density at radius 2 is 1.43 bits per heavy atom. The van der Waals surface area contributed by atoms with Crippen molar-refractivity contribution in [3.8, 4) is 33.5 Å². The number of benzene rings is 4. The molecule has 0 radical (unpaired) electrons. The zero-order chi connectivity index (χ0) is 27.0. The molecule has 0 saturated heterocycles. The van der Waals surface area contributed by atoms with Crippen LogP contribution in [0.3, 0.4) is 0 Å². The van der Waals surface area contributed by atoms with E-state index in [0.29, 0.717) is 5.69 Å². The molecule has 0 saturated carbocycles. The highest BCUT2D eigenvalue weighted by Gasteiger charge is 2.35. The van der Waals surface area contributed by atoms with Crippen LogP contribution in [0.4, 0.5) is 5.69 Å². The van der Waals surface area contributed by atoms with Crippen LogP contribution in [0.2, 0.25) is 0 Å². The average Bonchev–Trinajstić information content (AvgIpc) is 3.50. The normalized spacial score (nSPS) is 13.4. The summed E-state index contributed by atoms with van der Waals surface area (Å²) in [6.07, 6.45) is 2.06. The van der Waals surface area contributed by atoms with Crippen molar-refractivity contribution in [2.24, 2.45) is 0 Å². The van der Waals surface area contributed by atoms with Crippen LogP contribution in [0, 0.1) is 6.57 Å². The van der Waals surface area contributed by atoms with E-state index < -0.39 is 0 Å². The zero-order valence-electron chi connectivity index (χ0n) is 22.2. The molecule has 188 valence electrons. The number of rotatable bonds is 2. The van der Waals surface area contributed by atoms with Crippen LogP contribution in [0.5, 0.6) is 0 Å². The Labute approximate surface area is 232 Å². The van der Waals surface area contributed by atoms with Gasteiger partial charge in [-0.15, -0.1) is 0 Å². The van der Waals surface area contributed by atoms with Crippen LogP contribution in [-0.2, 0) is 5.41 Å². The third-order valence-electron chi connectivity index (χ3n) is 8.41. The van der Waals surface area contributed by atoms with E-state index in [9.17, 15) is 0 Å². The van der Waals surface area contributed by atoms with Gasteiger partial charge in [-0.1, -0.05) is 86.6 Å². The van der Waals surface area contributed by atoms with Gasteiger partial charge in [0, 0.05) is 22.6 Å². The molecular formula is C36H24N4. The van der Waals surface area contributed by atoms with Crippen LogP contribution in [0.25, 0.3) is 65.9 Å². The van der Waals surface area contributed by atoms with E-state index >= 15 is 0 Å². The lowest BCUT2D eigenvalue weighted by atomic mass is 9.81. The molecule has 1 aliphatic carbocycles. The standard InChI is InChI=1S/C36H24N4/c1-36(2)29-20-24(12-15-26(29)27-16-14-25(37-3)21-30(27)36)23-13-17-31-28(19-23)34-35(40-18-8-7-11-32(40)39-34)33(38-31)22-9-5-4-6-10-22/h4-21H,1-2H3. The molecule has 4 heteroatoms. The van der Waals surface area contributed by atoms with Gasteiger partial charge >= 0.3 is 0 Å². The van der Waals surface area contributed by atoms with Crippen molar-refractivity contribution in [3.63, 3.8) is 0 Å². The molecule has 1 aliphatic rings. The number of fused-ring (bicyclic) bond motifs is 8. The molecule has 0 amide bonds. The first-order valence-electron chi connectivity index (χ1n) is 13.5. The minimum absolute atomic E-state index is 0.181. The van der Waals surface area contributed by atoms with Crippen molar-refractivity contribution in [3.05, 3.63) is 132 Å². The molecule has 0 atom stereocenters. The second kappa shape index (κ2) is 8.11. The van der Waals surface area contributed by atoms with Crippen molar-refractivity contribution < 1.29 is 0 Å². The highest BCUT2D eigenvalue weighted by atomic mass is 15.0. The fourth-order valence-corrected chi connectivity index (χ4v) is 6.36. The Bertz CT molecular complexity index is 2200. The lowest BCUT2D eigenvalue weighted by Gasteiger charge is -2.22. The number of pyridine rings is 2. The lowest BCUT2D eigenvalue weighted by molar-refractivity contribution is 0.661. The van der Waals surface area contributed by atoms with E-state index in [4.69, 9.17) is 16.5 Å². The van der Waals surface area contributed by atoms with Gasteiger partial charge in [0.2, 0.25) is 0 Å². The van der Waals surface area contributed by atoms with Gasteiger partial charge in [0.1, 0.15) is 11.2 Å². The van der Waals surface area contributed by atoms with Crippen LogP contribution in [-0.4, -0.2) is 14.4 Å². The first-order valence-corrected chi connectivity index (χ1v) is 13.5. The van der Waals surface area contributed by atoms with Gasteiger partial charge in [0.25, 0.3) is 0 Å². The summed E-state index contributed by atoms with van der Waals surface area (Å²) in [4.78, 5) is 13.9. The smallest absolute Gasteiger partial charge is 0.187 e. The monoisotopic (exact) mass is 512 g/mol. The van der Waals surface area contributed by atoms with E-state index in [1.807, 2.05) is 36.4 Å². The van der Waals surface area contributed by atoms with Gasteiger partial charge in [-0.05, 0) is 63.7 Å². The zero-order valence-corrected chi connectivity index (χ0v) is 22.2. The van der Waals surface area contributed by atoms with Gasteiger partial charge in [-0.3, -0.25) is 4.40 Å². The van der Waals surface area contributed by atoms with Gasteiger partial charge in [0.05, 0.1) is 23.3 Å². The number of hydrogen-bond acceptors (Lipinski definition) is 2. The highest BCUT2D eigenvalue weighted by molar-refractivity contribution is 6.10. The predicted molar refractivity (Wildman–Crippen MR) is 163 cm³/mol. The molecule has 3 heterocycles. The third kappa shape index (κ3) is 3.12. The number of imidazole rings is 1. The summed E-state index contributed by atoms with van der Waals surface area (Å²) in [5.41, 5.74) is 13.6. The van der Waals surface area contributed by atoms with E-state index in [0.717, 1.165) is 50.0 Å². The maximum absolute atomic E-state index is 7.48. The molecule has 0 N–H and O–H groups in total. The fraction of sp³-hybridized carbons (Fsp3) is 0.0833. The molecule has 0 unspecified atom stereocenters. The molecule has 0 fully saturated rings. The quantitative estimate of drug-likeness (QED) is 0.216. The minimum atomic E-state index is -0.181. The lowest BCUT2D eigenvalue weighted by Crippen LogP contribution is -2.14. The number of aromatic nitrogens is 3. The molecule has 7 aromatic rings. The average molecular weight is 513 g/mol. The summed E-state index contributed by atoms with van der Waals surface area (Å²) in [6, 6.07) is 35.8. The first-order chi connectivity index (χ1) is 19.5. The molecule has 8 rings (SSSR count). The Kier molecular flexibility index (Phi) is 4.60. The van der Waals surface area contributed by atoms with E-state index in [2.05, 4.69) is 96.0 Å². The Morgan fingerprint density at radius 1 is 0.700 bits per heavy atom. The summed E-state index contributed by atoms with van der Waals surface area (Å²) in [5, 5.41) is 1.04. The SMILES string of the molecule is [C-]#[N+]c1ccc2c(c1)C(C)(C)c1cc(-c3ccc4nc(-c5ccccc5)c5c(nc6ccccn65)c4c3)ccc1-2. The third-order valence-corrected chi connectivity index (χ3v) is 8.41. The number of hydrogen-bond donors (Lipinski definition) is 0. The van der Waals surface area contributed by atoms with Gasteiger partial charge < -0.3 is 0 Å². The van der Waals surface area contributed by atoms with Crippen molar-refractivity contribution >= 4 is 33.3 Å². The van der Waals surface area contributed by atoms with Crippen molar-refractivity contribution in [2.45, 2.75) is 19.3 Å². The minimum Gasteiger partial charge on any atom is -0.298 e. The molecule has 3 aromatic heterocycles. The van der Waals surface area contributed by atoms with Crippen LogP contribution in [0.15, 0.2) is 109 Å². The summed E-state index contributed by atoms with van der Waals surface area (Å²) in [5.74, 6) is 0. The maximum atomic E-state index is 7.48. The topological polar surface area (TPSA) is 34.5 Å². The van der Waals surface area contributed by atoms with Crippen molar-refractivity contribution in [2.75, 3.05) is 0 Å². The van der Waals surface area contributed by atoms with Crippen LogP contribution >= 0.6 is 0 Å². The molecule has 4 nitrogen and oxygen atoms in total. The summed E-state index contributed by atoms with van der Waals surface area (Å²) >= 11 is 0.